The van der Waals surface area contributed by atoms with Crippen LogP contribution in [0.4, 0.5) is 4.79 Å². The van der Waals surface area contributed by atoms with Gasteiger partial charge < -0.3 is 14.5 Å². The third kappa shape index (κ3) is 3.07. The quantitative estimate of drug-likeness (QED) is 0.685. The minimum Gasteiger partial charge on any atom is -0.444 e. The van der Waals surface area contributed by atoms with Gasteiger partial charge in [-0.15, -0.1) is 0 Å². The Labute approximate surface area is 121 Å². The van der Waals surface area contributed by atoms with E-state index >= 15 is 0 Å². The Morgan fingerprint density at radius 3 is 2.35 bits per heavy atom. The Morgan fingerprint density at radius 1 is 1.10 bits per heavy atom. The Morgan fingerprint density at radius 2 is 1.80 bits per heavy atom. The lowest BCUT2D eigenvalue weighted by Gasteiger charge is -2.44. The average molecular weight is 282 g/mol. The topological polar surface area (TPSA) is 49.9 Å². The second-order valence-electron chi connectivity index (χ2n) is 7.00. The molecule has 2 rings (SSSR count). The zero-order valence-corrected chi connectivity index (χ0v) is 13.1. The number of ether oxygens (including phenoxy) is 1. The van der Waals surface area contributed by atoms with Crippen LogP contribution in [0.2, 0.25) is 0 Å². The fraction of sp³-hybridized carbons (Fsp3) is 0.867. The van der Waals surface area contributed by atoms with Crippen LogP contribution in [-0.4, -0.2) is 52.6 Å². The highest BCUT2D eigenvalue weighted by molar-refractivity contribution is 5.74. The number of piperidine rings is 1. The minimum atomic E-state index is -0.478. The lowest BCUT2D eigenvalue weighted by molar-refractivity contribution is -0.128. The highest BCUT2D eigenvalue weighted by Crippen LogP contribution is 2.37. The first-order valence-corrected chi connectivity index (χ1v) is 7.50. The average Bonchev–Trinajstić information content (AvgIpc) is 2.72. The van der Waals surface area contributed by atoms with Crippen molar-refractivity contribution < 1.29 is 14.3 Å². The summed E-state index contributed by atoms with van der Waals surface area (Å²) in [6.45, 7) is 9.39. The Balaban J connectivity index is 2.14. The van der Waals surface area contributed by atoms with Gasteiger partial charge in [-0.1, -0.05) is 0 Å². The first-order valence-electron chi connectivity index (χ1n) is 7.50. The normalized spacial score (nSPS) is 27.0. The van der Waals surface area contributed by atoms with E-state index in [2.05, 4.69) is 0 Å². The van der Waals surface area contributed by atoms with Crippen LogP contribution >= 0.6 is 0 Å². The second kappa shape index (κ2) is 5.26. The number of carbonyl (C=O) groups is 2. The van der Waals surface area contributed by atoms with Gasteiger partial charge in [0, 0.05) is 26.6 Å². The third-order valence-corrected chi connectivity index (χ3v) is 4.24. The van der Waals surface area contributed by atoms with Crippen LogP contribution in [-0.2, 0) is 9.53 Å². The maximum Gasteiger partial charge on any atom is 0.410 e. The van der Waals surface area contributed by atoms with Gasteiger partial charge in [0.05, 0.1) is 5.54 Å². The van der Waals surface area contributed by atoms with Crippen molar-refractivity contribution in [3.8, 4) is 0 Å². The number of likely N-dealkylation sites (tertiary alicyclic amines) is 2. The van der Waals surface area contributed by atoms with Gasteiger partial charge >= 0.3 is 6.09 Å². The predicted molar refractivity (Wildman–Crippen MR) is 76.4 cm³/mol. The van der Waals surface area contributed by atoms with E-state index in [0.29, 0.717) is 6.54 Å². The van der Waals surface area contributed by atoms with E-state index < -0.39 is 5.60 Å². The third-order valence-electron chi connectivity index (χ3n) is 4.24. The number of hydrogen-bond donors (Lipinski definition) is 0. The number of amides is 2. The van der Waals surface area contributed by atoms with Crippen molar-refractivity contribution in [2.45, 2.75) is 64.5 Å². The van der Waals surface area contributed by atoms with Gasteiger partial charge in [-0.25, -0.2) is 4.79 Å². The predicted octanol–water partition coefficient (Wildman–Crippen LogP) is 2.40. The zero-order chi connectivity index (χ0) is 15.0. The molecule has 2 aliphatic rings. The standard InChI is InChI=1S/C15H26N2O3/c1-12(18)16-10-8-15(11-16)7-5-6-9-17(15)13(19)20-14(2,3)4/h5-11H2,1-4H3. The van der Waals surface area contributed by atoms with Gasteiger partial charge in [0.15, 0.2) is 0 Å². The van der Waals surface area contributed by atoms with Crippen molar-refractivity contribution >= 4 is 12.0 Å². The molecule has 5 nitrogen and oxygen atoms in total. The molecule has 1 unspecified atom stereocenters. The summed E-state index contributed by atoms with van der Waals surface area (Å²) >= 11 is 0. The summed E-state index contributed by atoms with van der Waals surface area (Å²) in [6, 6.07) is 0. The molecule has 2 amide bonds. The number of carbonyl (C=O) groups excluding carboxylic acids is 2. The summed E-state index contributed by atoms with van der Waals surface area (Å²) < 4.78 is 5.54. The molecule has 1 spiro atoms. The number of hydrogen-bond acceptors (Lipinski definition) is 3. The molecule has 0 aromatic rings. The highest BCUT2D eigenvalue weighted by Gasteiger charge is 2.48. The van der Waals surface area contributed by atoms with Gasteiger partial charge in [-0.3, -0.25) is 4.79 Å². The Kier molecular flexibility index (Phi) is 3.98. The molecule has 5 heteroatoms. The molecule has 0 bridgehead atoms. The van der Waals surface area contributed by atoms with Gasteiger partial charge in [-0.05, 0) is 46.5 Å². The monoisotopic (exact) mass is 282 g/mol. The molecule has 0 aromatic heterocycles. The molecule has 0 N–H and O–H groups in total. The first kappa shape index (κ1) is 15.1. The summed E-state index contributed by atoms with van der Waals surface area (Å²) in [7, 11) is 0. The molecule has 0 aromatic carbocycles. The molecule has 20 heavy (non-hydrogen) atoms. The Hall–Kier alpha value is -1.26. The van der Waals surface area contributed by atoms with E-state index in [0.717, 1.165) is 38.8 Å². The molecular formula is C15H26N2O3. The van der Waals surface area contributed by atoms with E-state index in [1.807, 2.05) is 30.6 Å². The molecule has 2 heterocycles. The summed E-state index contributed by atoms with van der Waals surface area (Å²) in [5.41, 5.74) is -0.680. The van der Waals surface area contributed by atoms with Crippen molar-refractivity contribution in [2.24, 2.45) is 0 Å². The fourth-order valence-electron chi connectivity index (χ4n) is 3.25. The van der Waals surface area contributed by atoms with E-state index in [1.54, 1.807) is 6.92 Å². The minimum absolute atomic E-state index is 0.0941. The second-order valence-corrected chi connectivity index (χ2v) is 7.00. The van der Waals surface area contributed by atoms with Crippen LogP contribution in [0.1, 0.15) is 53.4 Å². The van der Waals surface area contributed by atoms with E-state index in [9.17, 15) is 9.59 Å². The van der Waals surface area contributed by atoms with Crippen LogP contribution in [0.3, 0.4) is 0 Å². The van der Waals surface area contributed by atoms with Crippen LogP contribution in [0, 0.1) is 0 Å². The van der Waals surface area contributed by atoms with E-state index in [1.165, 1.54) is 0 Å². The van der Waals surface area contributed by atoms with Crippen molar-refractivity contribution in [3.63, 3.8) is 0 Å². The highest BCUT2D eigenvalue weighted by atomic mass is 16.6. The summed E-state index contributed by atoms with van der Waals surface area (Å²) in [6.07, 6.45) is 3.73. The molecule has 114 valence electrons. The van der Waals surface area contributed by atoms with Crippen LogP contribution in [0.5, 0.6) is 0 Å². The number of nitrogens with zero attached hydrogens (tertiary/aromatic N) is 2. The van der Waals surface area contributed by atoms with Gasteiger partial charge in [-0.2, -0.15) is 0 Å². The lowest BCUT2D eigenvalue weighted by atomic mass is 9.86. The van der Waals surface area contributed by atoms with Gasteiger partial charge in [0.1, 0.15) is 5.60 Å². The van der Waals surface area contributed by atoms with Crippen molar-refractivity contribution in [1.82, 2.24) is 9.80 Å². The molecule has 2 fully saturated rings. The molecule has 2 saturated heterocycles. The molecule has 2 aliphatic heterocycles. The summed E-state index contributed by atoms with van der Waals surface area (Å²) in [4.78, 5) is 27.7. The maximum absolute atomic E-state index is 12.5. The molecule has 0 saturated carbocycles. The SMILES string of the molecule is CC(=O)N1CCC2(CCCCN2C(=O)OC(C)(C)C)C1. The van der Waals surface area contributed by atoms with Crippen molar-refractivity contribution in [3.05, 3.63) is 0 Å². The van der Waals surface area contributed by atoms with Crippen LogP contribution in [0.15, 0.2) is 0 Å². The van der Waals surface area contributed by atoms with Gasteiger partial charge in [0.25, 0.3) is 0 Å². The summed E-state index contributed by atoms with van der Waals surface area (Å²) in [5.74, 6) is 0.0941. The fourth-order valence-corrected chi connectivity index (χ4v) is 3.25. The molecule has 1 atom stereocenters. The zero-order valence-electron chi connectivity index (χ0n) is 13.1. The number of rotatable bonds is 0. The molecule has 0 aliphatic carbocycles. The summed E-state index contributed by atoms with van der Waals surface area (Å²) in [5, 5.41) is 0. The lowest BCUT2D eigenvalue weighted by Crippen LogP contribution is -2.57. The Bertz CT molecular complexity index is 402. The van der Waals surface area contributed by atoms with Crippen LogP contribution in [0.25, 0.3) is 0 Å². The largest absolute Gasteiger partial charge is 0.444 e. The van der Waals surface area contributed by atoms with E-state index in [-0.39, 0.29) is 17.5 Å². The van der Waals surface area contributed by atoms with Crippen LogP contribution < -0.4 is 0 Å². The smallest absolute Gasteiger partial charge is 0.410 e. The van der Waals surface area contributed by atoms with E-state index in [4.69, 9.17) is 4.74 Å². The first-order chi connectivity index (χ1) is 9.23. The van der Waals surface area contributed by atoms with Crippen molar-refractivity contribution in [1.29, 1.82) is 0 Å². The molecular weight excluding hydrogens is 256 g/mol. The maximum atomic E-state index is 12.5. The van der Waals surface area contributed by atoms with Crippen molar-refractivity contribution in [2.75, 3.05) is 19.6 Å². The molecule has 0 radical (unpaired) electrons. The van der Waals surface area contributed by atoms with Gasteiger partial charge in [0.2, 0.25) is 5.91 Å².